The van der Waals surface area contributed by atoms with Gasteiger partial charge in [0.05, 0.1) is 11.0 Å². The molecule has 0 amide bonds. The van der Waals surface area contributed by atoms with Crippen molar-refractivity contribution in [2.75, 3.05) is 0 Å². The van der Waals surface area contributed by atoms with Gasteiger partial charge in [0, 0.05) is 17.6 Å². The van der Waals surface area contributed by atoms with Gasteiger partial charge < -0.3 is 14.6 Å². The van der Waals surface area contributed by atoms with Crippen molar-refractivity contribution < 1.29 is 24.2 Å². The van der Waals surface area contributed by atoms with Crippen LogP contribution < -0.4 is 5.43 Å². The molecule has 2 unspecified atom stereocenters. The van der Waals surface area contributed by atoms with E-state index in [0.29, 0.717) is 0 Å². The maximum Gasteiger partial charge on any atom is 0.235 e. The van der Waals surface area contributed by atoms with E-state index in [4.69, 9.17) is 4.42 Å². The van der Waals surface area contributed by atoms with Crippen LogP contribution in [0.4, 0.5) is 0 Å². The van der Waals surface area contributed by atoms with Crippen LogP contribution in [-0.2, 0) is 15.0 Å². The number of benzene rings is 1. The fraction of sp³-hybridized carbons (Fsp3) is 0.318. The third kappa shape index (κ3) is 1.75. The third-order valence-electron chi connectivity index (χ3n) is 7.09. The molecule has 2 atom stereocenters. The summed E-state index contributed by atoms with van der Waals surface area (Å²) in [6.07, 6.45) is 5.30. The van der Waals surface area contributed by atoms with E-state index in [1.165, 1.54) is 12.8 Å². The Labute approximate surface area is 158 Å². The highest BCUT2D eigenvalue weighted by Crippen LogP contribution is 2.86. The highest BCUT2D eigenvalue weighted by molar-refractivity contribution is 6.34. The Bertz CT molecular complexity index is 1230. The van der Waals surface area contributed by atoms with E-state index in [2.05, 4.69) is 0 Å². The lowest BCUT2D eigenvalue weighted by atomic mass is 9.72. The van der Waals surface area contributed by atoms with Crippen molar-refractivity contribution >= 4 is 28.1 Å². The largest absolute Gasteiger partial charge is 0.504 e. The standard InChI is InChI=1S/C22H16O6/c23-13-8-15(25)14(24)7-12(13)21-20(27)19(26)10-4-3-9(6-16(10)28-21)22-5-1-2-11-17(22)18(11)22/h3-4,6-8,11,17-18,25,27H,1-2,5H2. The lowest BCUT2D eigenvalue weighted by Crippen LogP contribution is -2.27. The third-order valence-corrected chi connectivity index (χ3v) is 7.09. The van der Waals surface area contributed by atoms with Crippen LogP contribution in [0.1, 0.15) is 30.6 Å². The van der Waals surface area contributed by atoms with E-state index in [1.54, 1.807) is 6.07 Å². The summed E-state index contributed by atoms with van der Waals surface area (Å²) < 4.78 is 5.77. The summed E-state index contributed by atoms with van der Waals surface area (Å²) in [7, 11) is 0. The lowest BCUT2D eigenvalue weighted by molar-refractivity contribution is -0.116. The van der Waals surface area contributed by atoms with Crippen LogP contribution in [0.25, 0.3) is 16.5 Å². The van der Waals surface area contributed by atoms with Gasteiger partial charge in [-0.25, -0.2) is 0 Å². The number of hydrogen-bond acceptors (Lipinski definition) is 6. The number of ketones is 2. The van der Waals surface area contributed by atoms with Crippen LogP contribution in [-0.4, -0.2) is 21.8 Å². The summed E-state index contributed by atoms with van der Waals surface area (Å²) in [4.78, 5) is 36.6. The van der Waals surface area contributed by atoms with Crippen LogP contribution in [0.2, 0.25) is 0 Å². The van der Waals surface area contributed by atoms with Gasteiger partial charge in [0.25, 0.3) is 0 Å². The number of rotatable bonds is 2. The van der Waals surface area contributed by atoms with Crippen molar-refractivity contribution in [2.45, 2.75) is 24.7 Å². The second kappa shape index (κ2) is 4.82. The van der Waals surface area contributed by atoms with Crippen molar-refractivity contribution in [2.24, 2.45) is 17.8 Å². The molecule has 1 aromatic carbocycles. The van der Waals surface area contributed by atoms with Gasteiger partial charge in [-0.2, -0.15) is 0 Å². The highest BCUT2D eigenvalue weighted by atomic mass is 16.4. The Morgan fingerprint density at radius 1 is 1.04 bits per heavy atom. The Morgan fingerprint density at radius 3 is 2.57 bits per heavy atom. The topological polar surface area (TPSA) is 105 Å². The van der Waals surface area contributed by atoms with Gasteiger partial charge in [-0.3, -0.25) is 14.4 Å². The Hall–Kier alpha value is -3.15. The molecule has 140 valence electrons. The molecule has 28 heavy (non-hydrogen) atoms. The van der Waals surface area contributed by atoms with Gasteiger partial charge in [-0.1, -0.05) is 12.5 Å². The van der Waals surface area contributed by atoms with Gasteiger partial charge in [0.15, 0.2) is 17.3 Å². The average Bonchev–Trinajstić information content (AvgIpc) is 3.59. The number of hydrogen-bond donors (Lipinski definition) is 2. The molecule has 2 aromatic rings. The second-order valence-electron chi connectivity index (χ2n) is 8.28. The minimum absolute atomic E-state index is 0.206. The van der Waals surface area contributed by atoms with Gasteiger partial charge >= 0.3 is 0 Å². The Morgan fingerprint density at radius 2 is 1.82 bits per heavy atom. The van der Waals surface area contributed by atoms with E-state index >= 15 is 0 Å². The highest BCUT2D eigenvalue weighted by Gasteiger charge is 2.84. The van der Waals surface area contributed by atoms with Gasteiger partial charge in [0.2, 0.25) is 17.0 Å². The molecule has 3 fully saturated rings. The molecule has 6 nitrogen and oxygen atoms in total. The normalized spacial score (nSPS) is 32.6. The first-order chi connectivity index (χ1) is 13.4. The smallest absolute Gasteiger partial charge is 0.235 e. The van der Waals surface area contributed by atoms with E-state index < -0.39 is 28.5 Å². The van der Waals surface area contributed by atoms with Crippen LogP contribution in [0, 0.1) is 17.8 Å². The number of carbonyl (C=O) groups is 2. The molecule has 0 radical (unpaired) electrons. The summed E-state index contributed by atoms with van der Waals surface area (Å²) in [5.74, 6) is -0.881. The zero-order valence-electron chi connectivity index (χ0n) is 14.8. The van der Waals surface area contributed by atoms with E-state index in [1.807, 2.05) is 12.1 Å². The zero-order valence-corrected chi connectivity index (χ0v) is 14.8. The molecule has 1 heterocycles. The van der Waals surface area contributed by atoms with Crippen molar-refractivity contribution in [3.05, 3.63) is 57.7 Å². The van der Waals surface area contributed by atoms with Crippen LogP contribution in [0.5, 0.6) is 5.75 Å². The molecule has 6 rings (SSSR count). The molecule has 0 spiro atoms. The summed E-state index contributed by atoms with van der Waals surface area (Å²) in [5, 5.41) is 20.0. The van der Waals surface area contributed by atoms with Gasteiger partial charge in [-0.15, -0.1) is 0 Å². The van der Waals surface area contributed by atoms with Gasteiger partial charge in [-0.05, 0) is 48.3 Å². The van der Waals surface area contributed by atoms with E-state index in [0.717, 1.165) is 41.9 Å². The molecule has 0 bridgehead atoms. The first kappa shape index (κ1) is 15.9. The molecule has 2 N–H and O–H groups in total. The molecular formula is C22H16O6. The molecule has 0 saturated heterocycles. The quantitative estimate of drug-likeness (QED) is 0.781. The average molecular weight is 376 g/mol. The predicted octanol–water partition coefficient (Wildman–Crippen LogP) is 2.77. The lowest BCUT2D eigenvalue weighted by Gasteiger charge is -2.32. The monoisotopic (exact) mass is 376 g/mol. The molecular weight excluding hydrogens is 360 g/mol. The summed E-state index contributed by atoms with van der Waals surface area (Å²) >= 11 is 0. The molecule has 3 saturated carbocycles. The Balaban J connectivity index is 1.51. The first-order valence-corrected chi connectivity index (χ1v) is 9.45. The minimum atomic E-state index is -0.782. The maximum atomic E-state index is 12.6. The van der Waals surface area contributed by atoms with Crippen molar-refractivity contribution in [1.29, 1.82) is 0 Å². The van der Waals surface area contributed by atoms with Crippen LogP contribution in [0.3, 0.4) is 0 Å². The number of fused-ring (bicyclic) bond motifs is 3. The molecule has 4 aliphatic rings. The minimum Gasteiger partial charge on any atom is -0.504 e. The van der Waals surface area contributed by atoms with Crippen LogP contribution in [0.15, 0.2) is 45.3 Å². The summed E-state index contributed by atoms with van der Waals surface area (Å²) in [6.45, 7) is 0. The fourth-order valence-corrected chi connectivity index (χ4v) is 5.75. The fourth-order valence-electron chi connectivity index (χ4n) is 5.75. The summed E-state index contributed by atoms with van der Waals surface area (Å²) in [6, 6.07) is 5.46. The van der Waals surface area contributed by atoms with Crippen molar-refractivity contribution in [3.8, 4) is 5.75 Å². The molecule has 6 heteroatoms. The number of allylic oxidation sites excluding steroid dienone is 3. The first-order valence-electron chi connectivity index (χ1n) is 9.45. The van der Waals surface area contributed by atoms with E-state index in [-0.39, 0.29) is 27.7 Å². The Kier molecular flexibility index (Phi) is 2.73. The zero-order chi connectivity index (χ0) is 19.4. The second-order valence-corrected chi connectivity index (χ2v) is 8.28. The molecule has 1 aromatic heterocycles. The molecule has 4 aliphatic carbocycles. The van der Waals surface area contributed by atoms with Crippen LogP contribution >= 0.6 is 0 Å². The predicted molar refractivity (Wildman–Crippen MR) is 98.9 cm³/mol. The van der Waals surface area contributed by atoms with Crippen molar-refractivity contribution in [3.63, 3.8) is 0 Å². The number of carbonyl (C=O) groups excluding carboxylic acids is 2. The number of aliphatic hydroxyl groups is 1. The summed E-state index contributed by atoms with van der Waals surface area (Å²) in [5.41, 5.74) is 0.747. The SMILES string of the molecule is O=C1C=C(c2oc3cc(C45CCCC6C4C65)ccc3c(=O)c2O)C(=O)C=C1O. The van der Waals surface area contributed by atoms with Crippen molar-refractivity contribution in [1.82, 2.24) is 0 Å². The molecule has 0 aliphatic heterocycles. The number of aromatic hydroxyl groups is 1. The maximum absolute atomic E-state index is 12.6. The number of aliphatic hydroxyl groups excluding tert-OH is 1. The van der Waals surface area contributed by atoms with Gasteiger partial charge in [0.1, 0.15) is 5.58 Å². The van der Waals surface area contributed by atoms with E-state index in [9.17, 15) is 24.6 Å².